The van der Waals surface area contributed by atoms with E-state index in [-0.39, 0.29) is 12.7 Å². The quantitative estimate of drug-likeness (QED) is 0.893. The zero-order valence-electron chi connectivity index (χ0n) is 14.7. The summed E-state index contributed by atoms with van der Waals surface area (Å²) in [5.74, 6) is 1.40. The number of hydrogen-bond acceptors (Lipinski definition) is 5. The van der Waals surface area contributed by atoms with E-state index in [4.69, 9.17) is 9.47 Å². The van der Waals surface area contributed by atoms with E-state index < -0.39 is 0 Å². The number of hydrogen-bond donors (Lipinski definition) is 1. The predicted molar refractivity (Wildman–Crippen MR) is 99.4 cm³/mol. The summed E-state index contributed by atoms with van der Waals surface area (Å²) in [5.41, 5.74) is 2.07. The van der Waals surface area contributed by atoms with Crippen molar-refractivity contribution in [3.8, 4) is 11.5 Å². The highest BCUT2D eigenvalue weighted by Crippen LogP contribution is 2.34. The molecule has 0 saturated carbocycles. The molecule has 0 atom stereocenters. The van der Waals surface area contributed by atoms with Crippen LogP contribution in [0, 0.1) is 0 Å². The molecular formula is C20H23N3O3. The van der Waals surface area contributed by atoms with E-state index in [1.807, 2.05) is 18.2 Å². The van der Waals surface area contributed by atoms with Gasteiger partial charge < -0.3 is 14.8 Å². The molecule has 1 N–H and O–H groups in total. The van der Waals surface area contributed by atoms with E-state index in [2.05, 4.69) is 39.4 Å². The van der Waals surface area contributed by atoms with Crippen molar-refractivity contribution in [2.24, 2.45) is 0 Å². The molecule has 2 aliphatic heterocycles. The number of carbonyl (C=O) groups is 1. The highest BCUT2D eigenvalue weighted by molar-refractivity contribution is 5.92. The minimum Gasteiger partial charge on any atom is -0.454 e. The Morgan fingerprint density at radius 3 is 2.46 bits per heavy atom. The molecule has 6 nitrogen and oxygen atoms in total. The van der Waals surface area contributed by atoms with E-state index in [1.165, 1.54) is 5.56 Å². The first-order chi connectivity index (χ1) is 12.8. The van der Waals surface area contributed by atoms with Gasteiger partial charge in [-0.25, -0.2) is 0 Å². The molecule has 2 heterocycles. The molecule has 0 radical (unpaired) electrons. The fourth-order valence-corrected chi connectivity index (χ4v) is 3.33. The van der Waals surface area contributed by atoms with Crippen molar-refractivity contribution in [2.45, 2.75) is 6.54 Å². The minimum absolute atomic E-state index is 0.000347. The van der Waals surface area contributed by atoms with Gasteiger partial charge in [-0.2, -0.15) is 0 Å². The zero-order valence-corrected chi connectivity index (χ0v) is 14.7. The van der Waals surface area contributed by atoms with Crippen LogP contribution in [0.25, 0.3) is 0 Å². The first-order valence-electron chi connectivity index (χ1n) is 8.94. The van der Waals surface area contributed by atoms with Crippen LogP contribution in [-0.2, 0) is 11.3 Å². The SMILES string of the molecule is O=C(CN1CCN(Cc2ccccc2)CC1)Nc1ccc2c(c1)OCO2. The Morgan fingerprint density at radius 1 is 0.923 bits per heavy atom. The Kier molecular flexibility index (Phi) is 5.04. The molecule has 1 amide bonds. The average molecular weight is 353 g/mol. The van der Waals surface area contributed by atoms with Gasteiger partial charge in [0.2, 0.25) is 12.7 Å². The maximum Gasteiger partial charge on any atom is 0.238 e. The second-order valence-electron chi connectivity index (χ2n) is 6.65. The second-order valence-corrected chi connectivity index (χ2v) is 6.65. The van der Waals surface area contributed by atoms with Crippen LogP contribution >= 0.6 is 0 Å². The third kappa shape index (κ3) is 4.15. The number of benzene rings is 2. The highest BCUT2D eigenvalue weighted by atomic mass is 16.7. The fourth-order valence-electron chi connectivity index (χ4n) is 3.33. The van der Waals surface area contributed by atoms with Crippen LogP contribution in [0.5, 0.6) is 11.5 Å². The van der Waals surface area contributed by atoms with Crippen molar-refractivity contribution < 1.29 is 14.3 Å². The predicted octanol–water partition coefficient (Wildman–Crippen LogP) is 2.17. The van der Waals surface area contributed by atoms with Crippen LogP contribution in [0.3, 0.4) is 0 Å². The van der Waals surface area contributed by atoms with E-state index in [0.717, 1.165) is 44.2 Å². The van der Waals surface area contributed by atoms with E-state index in [1.54, 1.807) is 6.07 Å². The van der Waals surface area contributed by atoms with Crippen LogP contribution in [0.15, 0.2) is 48.5 Å². The van der Waals surface area contributed by atoms with Crippen LogP contribution in [0.2, 0.25) is 0 Å². The number of rotatable bonds is 5. The average Bonchev–Trinajstić information content (AvgIpc) is 3.12. The minimum atomic E-state index is 0.000347. The van der Waals surface area contributed by atoms with Crippen molar-refractivity contribution in [3.05, 3.63) is 54.1 Å². The van der Waals surface area contributed by atoms with Crippen LogP contribution in [-0.4, -0.2) is 55.2 Å². The molecule has 0 unspecified atom stereocenters. The first-order valence-corrected chi connectivity index (χ1v) is 8.94. The van der Waals surface area contributed by atoms with Gasteiger partial charge in [0.25, 0.3) is 0 Å². The largest absolute Gasteiger partial charge is 0.454 e. The Hall–Kier alpha value is -2.57. The van der Waals surface area contributed by atoms with Crippen LogP contribution < -0.4 is 14.8 Å². The molecule has 1 fully saturated rings. The molecule has 6 heteroatoms. The van der Waals surface area contributed by atoms with Crippen LogP contribution in [0.1, 0.15) is 5.56 Å². The molecule has 2 aromatic carbocycles. The highest BCUT2D eigenvalue weighted by Gasteiger charge is 2.20. The molecule has 4 rings (SSSR count). The molecule has 0 spiro atoms. The lowest BCUT2D eigenvalue weighted by molar-refractivity contribution is -0.117. The Morgan fingerprint density at radius 2 is 1.65 bits per heavy atom. The molecule has 2 aliphatic rings. The molecule has 26 heavy (non-hydrogen) atoms. The summed E-state index contributed by atoms with van der Waals surface area (Å²) in [5, 5.41) is 2.94. The number of anilines is 1. The van der Waals surface area contributed by atoms with Gasteiger partial charge in [-0.15, -0.1) is 0 Å². The summed E-state index contributed by atoms with van der Waals surface area (Å²) >= 11 is 0. The summed E-state index contributed by atoms with van der Waals surface area (Å²) < 4.78 is 10.6. The molecular weight excluding hydrogens is 330 g/mol. The van der Waals surface area contributed by atoms with Crippen LogP contribution in [0.4, 0.5) is 5.69 Å². The standard InChI is InChI=1S/C20H23N3O3/c24-20(21-17-6-7-18-19(12-17)26-15-25-18)14-23-10-8-22(9-11-23)13-16-4-2-1-3-5-16/h1-7,12H,8-11,13-15H2,(H,21,24). The maximum atomic E-state index is 12.3. The number of carbonyl (C=O) groups excluding carboxylic acids is 1. The van der Waals surface area contributed by atoms with Crippen molar-refractivity contribution in [1.82, 2.24) is 9.80 Å². The number of nitrogens with zero attached hydrogens (tertiary/aromatic N) is 2. The Bertz CT molecular complexity index is 758. The van der Waals surface area contributed by atoms with E-state index in [0.29, 0.717) is 12.3 Å². The normalized spacial score (nSPS) is 17.2. The molecule has 2 aromatic rings. The third-order valence-corrected chi connectivity index (χ3v) is 4.74. The first kappa shape index (κ1) is 16.9. The number of piperazine rings is 1. The van der Waals surface area contributed by atoms with Gasteiger partial charge in [0.15, 0.2) is 11.5 Å². The van der Waals surface area contributed by atoms with Gasteiger partial charge in [0.1, 0.15) is 0 Å². The smallest absolute Gasteiger partial charge is 0.238 e. The van der Waals surface area contributed by atoms with Crippen molar-refractivity contribution in [1.29, 1.82) is 0 Å². The Balaban J connectivity index is 1.23. The van der Waals surface area contributed by atoms with Gasteiger partial charge in [-0.3, -0.25) is 14.6 Å². The Labute approximate surface area is 153 Å². The number of fused-ring (bicyclic) bond motifs is 1. The van der Waals surface area contributed by atoms with E-state index in [9.17, 15) is 4.79 Å². The monoisotopic (exact) mass is 353 g/mol. The molecule has 0 aliphatic carbocycles. The van der Waals surface area contributed by atoms with E-state index >= 15 is 0 Å². The summed E-state index contributed by atoms with van der Waals surface area (Å²) in [6.07, 6.45) is 0. The maximum absolute atomic E-state index is 12.3. The van der Waals surface area contributed by atoms with Gasteiger partial charge >= 0.3 is 0 Å². The third-order valence-electron chi connectivity index (χ3n) is 4.74. The summed E-state index contributed by atoms with van der Waals surface area (Å²) in [6.45, 7) is 5.38. The molecule has 0 aromatic heterocycles. The molecule has 1 saturated heterocycles. The fraction of sp³-hybridized carbons (Fsp3) is 0.350. The van der Waals surface area contributed by atoms with Gasteiger partial charge in [-0.1, -0.05) is 30.3 Å². The van der Waals surface area contributed by atoms with Crippen molar-refractivity contribution >= 4 is 11.6 Å². The topological polar surface area (TPSA) is 54.0 Å². The van der Waals surface area contributed by atoms with Crippen molar-refractivity contribution in [3.63, 3.8) is 0 Å². The number of ether oxygens (including phenoxy) is 2. The molecule has 0 bridgehead atoms. The zero-order chi connectivity index (χ0) is 17.8. The van der Waals surface area contributed by atoms with Gasteiger partial charge in [0.05, 0.1) is 6.54 Å². The lowest BCUT2D eigenvalue weighted by Crippen LogP contribution is -2.48. The number of nitrogens with one attached hydrogen (secondary N) is 1. The summed E-state index contributed by atoms with van der Waals surface area (Å²) in [4.78, 5) is 16.9. The molecule has 136 valence electrons. The lowest BCUT2D eigenvalue weighted by atomic mass is 10.2. The van der Waals surface area contributed by atoms with Gasteiger partial charge in [-0.05, 0) is 17.7 Å². The lowest BCUT2D eigenvalue weighted by Gasteiger charge is -2.34. The second kappa shape index (κ2) is 7.76. The van der Waals surface area contributed by atoms with Crippen molar-refractivity contribution in [2.75, 3.05) is 44.8 Å². The summed E-state index contributed by atoms with van der Waals surface area (Å²) in [6, 6.07) is 16.0. The number of amides is 1. The van der Waals surface area contributed by atoms with Gasteiger partial charge in [0, 0.05) is 44.5 Å². The summed E-state index contributed by atoms with van der Waals surface area (Å²) in [7, 11) is 0.